The van der Waals surface area contributed by atoms with Crippen molar-refractivity contribution in [3.05, 3.63) is 54.0 Å². The molecule has 0 bridgehead atoms. The Labute approximate surface area is 129 Å². The summed E-state index contributed by atoms with van der Waals surface area (Å²) < 4.78 is 36.7. The summed E-state index contributed by atoms with van der Waals surface area (Å²) >= 11 is 0. The molecule has 6 nitrogen and oxygen atoms in total. The Morgan fingerprint density at radius 2 is 1.95 bits per heavy atom. The van der Waals surface area contributed by atoms with E-state index >= 15 is 0 Å². The van der Waals surface area contributed by atoms with Gasteiger partial charge in [-0.1, -0.05) is 0 Å². The van der Waals surface area contributed by atoms with Gasteiger partial charge < -0.3 is 9.15 Å². The van der Waals surface area contributed by atoms with E-state index in [9.17, 15) is 13.2 Å². The molecule has 0 aliphatic heterocycles. The molecule has 0 amide bonds. The Bertz CT molecular complexity index is 720. The summed E-state index contributed by atoms with van der Waals surface area (Å²) in [6, 6.07) is 7.08. The molecule has 0 fully saturated rings. The molecule has 22 heavy (non-hydrogen) atoms. The van der Waals surface area contributed by atoms with Gasteiger partial charge in [-0.15, -0.1) is 0 Å². The van der Waals surface area contributed by atoms with Gasteiger partial charge in [-0.2, -0.15) is 0 Å². The van der Waals surface area contributed by atoms with Crippen LogP contribution in [0.25, 0.3) is 0 Å². The van der Waals surface area contributed by atoms with Crippen LogP contribution in [0.5, 0.6) is 0 Å². The highest BCUT2D eigenvalue weighted by Crippen LogP contribution is 2.13. The molecule has 1 atom stereocenters. The lowest BCUT2D eigenvalue weighted by Gasteiger charge is -2.13. The number of nitrogens with one attached hydrogen (secondary N) is 1. The molecule has 0 saturated carbocycles. The number of sulfonamides is 1. The number of benzene rings is 1. The standard InChI is InChI=1S/C15H17NO5S/c1-11(9-12-7-8-21-10-12)16-22(18,19)14-5-3-13(4-6-14)15(17)20-2/h3-8,10-11,16H,9H2,1-2H3/t11-/m0/s1. The van der Waals surface area contributed by atoms with E-state index in [0.717, 1.165) is 5.56 Å². The second-order valence-corrected chi connectivity index (χ2v) is 6.59. The van der Waals surface area contributed by atoms with Gasteiger partial charge in [-0.25, -0.2) is 17.9 Å². The molecule has 118 valence electrons. The molecule has 0 saturated heterocycles. The van der Waals surface area contributed by atoms with Crippen molar-refractivity contribution in [1.29, 1.82) is 0 Å². The first-order chi connectivity index (χ1) is 10.4. The van der Waals surface area contributed by atoms with E-state index in [2.05, 4.69) is 9.46 Å². The number of hydrogen-bond acceptors (Lipinski definition) is 5. The molecular weight excluding hydrogens is 306 g/mol. The van der Waals surface area contributed by atoms with Crippen molar-refractivity contribution in [2.75, 3.05) is 7.11 Å². The molecule has 0 aliphatic carbocycles. The van der Waals surface area contributed by atoms with Gasteiger partial charge in [-0.3, -0.25) is 0 Å². The lowest BCUT2D eigenvalue weighted by molar-refractivity contribution is 0.0600. The van der Waals surface area contributed by atoms with Crippen LogP contribution in [0.2, 0.25) is 0 Å². The first-order valence-electron chi connectivity index (χ1n) is 6.64. The van der Waals surface area contributed by atoms with Crippen LogP contribution in [0, 0.1) is 0 Å². The normalized spacial score (nSPS) is 12.8. The van der Waals surface area contributed by atoms with Crippen molar-refractivity contribution >= 4 is 16.0 Å². The van der Waals surface area contributed by atoms with E-state index in [1.165, 1.54) is 31.4 Å². The zero-order valence-electron chi connectivity index (χ0n) is 12.3. The highest BCUT2D eigenvalue weighted by atomic mass is 32.2. The Morgan fingerprint density at radius 1 is 1.27 bits per heavy atom. The van der Waals surface area contributed by atoms with E-state index in [-0.39, 0.29) is 10.9 Å². The minimum absolute atomic E-state index is 0.0965. The molecule has 0 aliphatic rings. The third-order valence-electron chi connectivity index (χ3n) is 3.06. The Balaban J connectivity index is 2.07. The van der Waals surface area contributed by atoms with Crippen molar-refractivity contribution in [3.63, 3.8) is 0 Å². The molecule has 0 spiro atoms. The van der Waals surface area contributed by atoms with Gasteiger partial charge in [0.15, 0.2) is 0 Å². The van der Waals surface area contributed by atoms with Crippen LogP contribution in [0.3, 0.4) is 0 Å². The van der Waals surface area contributed by atoms with Crippen LogP contribution >= 0.6 is 0 Å². The Morgan fingerprint density at radius 3 is 2.50 bits per heavy atom. The monoisotopic (exact) mass is 323 g/mol. The second kappa shape index (κ2) is 6.76. The van der Waals surface area contributed by atoms with E-state index in [4.69, 9.17) is 4.42 Å². The SMILES string of the molecule is COC(=O)c1ccc(S(=O)(=O)N[C@@H](C)Cc2ccoc2)cc1. The Kier molecular flexibility index (Phi) is 4.99. The van der Waals surface area contributed by atoms with E-state index in [0.29, 0.717) is 12.0 Å². The summed E-state index contributed by atoms with van der Waals surface area (Å²) in [5.74, 6) is -0.509. The van der Waals surface area contributed by atoms with Gasteiger partial charge in [0, 0.05) is 6.04 Å². The molecule has 1 aromatic heterocycles. The molecule has 1 aromatic carbocycles. The molecule has 1 heterocycles. The zero-order chi connectivity index (χ0) is 16.2. The first kappa shape index (κ1) is 16.3. The Hall–Kier alpha value is -2.12. The highest BCUT2D eigenvalue weighted by molar-refractivity contribution is 7.89. The number of carbonyl (C=O) groups is 1. The van der Waals surface area contributed by atoms with Crippen LogP contribution in [0.4, 0.5) is 0 Å². The van der Waals surface area contributed by atoms with Gasteiger partial charge in [0.05, 0.1) is 30.1 Å². The minimum atomic E-state index is -3.64. The van der Waals surface area contributed by atoms with Gasteiger partial charge in [0.1, 0.15) is 0 Å². The molecule has 1 N–H and O–H groups in total. The van der Waals surface area contributed by atoms with Crippen molar-refractivity contribution < 1.29 is 22.4 Å². The first-order valence-corrected chi connectivity index (χ1v) is 8.12. The third kappa shape index (κ3) is 3.96. The van der Waals surface area contributed by atoms with E-state index in [1.54, 1.807) is 25.5 Å². The fourth-order valence-electron chi connectivity index (χ4n) is 2.02. The molecule has 2 rings (SSSR count). The molecule has 0 radical (unpaired) electrons. The van der Waals surface area contributed by atoms with Crippen LogP contribution < -0.4 is 4.72 Å². The fraction of sp³-hybridized carbons (Fsp3) is 0.267. The van der Waals surface area contributed by atoms with Crippen LogP contribution in [-0.2, 0) is 21.2 Å². The predicted octanol–water partition coefficient (Wildman–Crippen LogP) is 1.98. The zero-order valence-corrected chi connectivity index (χ0v) is 13.1. The van der Waals surface area contributed by atoms with Crippen LogP contribution in [0.1, 0.15) is 22.8 Å². The number of furan rings is 1. The van der Waals surface area contributed by atoms with E-state index in [1.807, 2.05) is 0 Å². The fourth-order valence-corrected chi connectivity index (χ4v) is 3.27. The average molecular weight is 323 g/mol. The smallest absolute Gasteiger partial charge is 0.337 e. The minimum Gasteiger partial charge on any atom is -0.472 e. The summed E-state index contributed by atoms with van der Waals surface area (Å²) in [6.07, 6.45) is 3.65. The second-order valence-electron chi connectivity index (χ2n) is 4.87. The summed E-state index contributed by atoms with van der Waals surface area (Å²) in [5, 5.41) is 0. The predicted molar refractivity (Wildman–Crippen MR) is 80.0 cm³/mol. The third-order valence-corrected chi connectivity index (χ3v) is 4.67. The summed E-state index contributed by atoms with van der Waals surface area (Å²) in [7, 11) is -2.37. The number of carbonyl (C=O) groups excluding carboxylic acids is 1. The molecule has 2 aromatic rings. The maximum atomic E-state index is 12.3. The number of esters is 1. The summed E-state index contributed by atoms with van der Waals surface area (Å²) in [5.41, 5.74) is 1.21. The largest absolute Gasteiger partial charge is 0.472 e. The number of methoxy groups -OCH3 is 1. The summed E-state index contributed by atoms with van der Waals surface area (Å²) in [6.45, 7) is 1.77. The number of hydrogen-bond donors (Lipinski definition) is 1. The molecular formula is C15H17NO5S. The van der Waals surface area contributed by atoms with Crippen molar-refractivity contribution in [1.82, 2.24) is 4.72 Å². The lowest BCUT2D eigenvalue weighted by atomic mass is 10.1. The van der Waals surface area contributed by atoms with Gasteiger partial charge in [-0.05, 0) is 49.2 Å². The average Bonchev–Trinajstić information content (AvgIpc) is 2.98. The number of ether oxygens (including phenoxy) is 1. The van der Waals surface area contributed by atoms with Gasteiger partial charge >= 0.3 is 5.97 Å². The molecule has 7 heteroatoms. The highest BCUT2D eigenvalue weighted by Gasteiger charge is 2.18. The molecule has 0 unspecified atom stereocenters. The van der Waals surface area contributed by atoms with E-state index < -0.39 is 16.0 Å². The van der Waals surface area contributed by atoms with Crippen LogP contribution in [0.15, 0.2) is 52.2 Å². The van der Waals surface area contributed by atoms with Crippen molar-refractivity contribution in [3.8, 4) is 0 Å². The summed E-state index contributed by atoms with van der Waals surface area (Å²) in [4.78, 5) is 11.4. The van der Waals surface area contributed by atoms with Gasteiger partial charge in [0.25, 0.3) is 0 Å². The van der Waals surface area contributed by atoms with Crippen molar-refractivity contribution in [2.24, 2.45) is 0 Å². The topological polar surface area (TPSA) is 85.6 Å². The maximum absolute atomic E-state index is 12.3. The van der Waals surface area contributed by atoms with Crippen molar-refractivity contribution in [2.45, 2.75) is 24.3 Å². The quantitative estimate of drug-likeness (QED) is 0.822. The lowest BCUT2D eigenvalue weighted by Crippen LogP contribution is -2.34. The maximum Gasteiger partial charge on any atom is 0.337 e. The number of rotatable bonds is 6. The van der Waals surface area contributed by atoms with Gasteiger partial charge in [0.2, 0.25) is 10.0 Å². The van der Waals surface area contributed by atoms with Crippen LogP contribution in [-0.4, -0.2) is 27.5 Å².